The van der Waals surface area contributed by atoms with Gasteiger partial charge in [-0.3, -0.25) is 0 Å². The summed E-state index contributed by atoms with van der Waals surface area (Å²) in [7, 11) is 9.28. The average molecular weight is 684 g/mol. The predicted octanol–water partition coefficient (Wildman–Crippen LogP) is 1.48. The van der Waals surface area contributed by atoms with Crippen LogP contribution < -0.4 is 0 Å². The van der Waals surface area contributed by atoms with E-state index in [4.69, 9.17) is 66.3 Å². The highest BCUT2D eigenvalue weighted by molar-refractivity contribution is 5.17. The fourth-order valence-electron chi connectivity index (χ4n) is 7.20. The number of hydrogen-bond acceptors (Lipinski definition) is 15. The van der Waals surface area contributed by atoms with Crippen molar-refractivity contribution in [2.75, 3.05) is 62.5 Å². The molecular weight excluding hydrogens is 638 g/mol. The molecule has 0 saturated carbocycles. The van der Waals surface area contributed by atoms with Gasteiger partial charge in [0.25, 0.3) is 0 Å². The number of ether oxygens (including phenoxy) is 14. The third kappa shape index (κ3) is 6.96. The van der Waals surface area contributed by atoms with Crippen LogP contribution in [0.15, 0.2) is 35.4 Å². The van der Waals surface area contributed by atoms with E-state index in [0.29, 0.717) is 0 Å². The summed E-state index contributed by atoms with van der Waals surface area (Å²) in [4.78, 5) is 2.95. The number of benzene rings is 1. The van der Waals surface area contributed by atoms with Crippen molar-refractivity contribution in [2.45, 2.75) is 98.3 Å². The Labute approximate surface area is 278 Å². The molecule has 6 rings (SSSR count). The minimum Gasteiger partial charge on any atom is -0.382 e. The lowest BCUT2D eigenvalue weighted by Gasteiger charge is -2.51. The van der Waals surface area contributed by atoms with Crippen molar-refractivity contribution in [1.82, 2.24) is 0 Å². The summed E-state index contributed by atoms with van der Waals surface area (Å²) in [6.07, 6.45) is -10.5. The molecule has 48 heavy (non-hydrogen) atoms. The van der Waals surface area contributed by atoms with Gasteiger partial charge in [0.15, 0.2) is 25.2 Å². The first-order chi connectivity index (χ1) is 23.5. The van der Waals surface area contributed by atoms with E-state index in [-0.39, 0.29) is 19.8 Å². The third-order valence-electron chi connectivity index (χ3n) is 9.45. The minimum absolute atomic E-state index is 0.112. The molecule has 0 spiro atoms. The number of nitrogens with zero attached hydrogens (tertiary/aromatic N) is 3. The Bertz CT molecular complexity index is 1210. The standard InChI is InChI=1S/C31H45N3O14/c1-35-12-16-21(48-31-27(40-6)25(38-4)22-18(45-31)13-41-28(46-22)15-10-8-7-9-11-15)24(37-3)26(39-5)30(44-16)47-20-17-14-42-29(43-17)19(33-34-32)23(20)36-2/h7-11,16-31H,12-14H2,1-6H3/t16-,17?,18+,19?,20+,21-,22-,23+,24?,25?,26?,27?,28?,29+,30-,31-/m1/s1. The summed E-state index contributed by atoms with van der Waals surface area (Å²) < 4.78 is 85.4. The molecule has 1 aromatic rings. The predicted molar refractivity (Wildman–Crippen MR) is 160 cm³/mol. The van der Waals surface area contributed by atoms with Crippen LogP contribution in [0, 0.1) is 0 Å². The summed E-state index contributed by atoms with van der Waals surface area (Å²) in [5, 5.41) is 3.86. The molecule has 0 radical (unpaired) electrons. The SMILES string of the molecule is COC[C@H]1O[C@H](O[C@H]2C3CO[C@@H](O3)C(N=[N+]=[N-])[C@@H]2OC)C(OC)C(OC)[C@@H]1O[C@H]1O[C@H]2COC(c3ccccc3)O[C@H]2C(OC)C1OC. The first-order valence-electron chi connectivity index (χ1n) is 15.9. The Morgan fingerprint density at radius 3 is 2.00 bits per heavy atom. The molecule has 17 nitrogen and oxygen atoms in total. The number of methoxy groups -OCH3 is 6. The van der Waals surface area contributed by atoms with Crippen molar-refractivity contribution >= 4 is 0 Å². The molecule has 0 aromatic heterocycles. The van der Waals surface area contributed by atoms with Crippen LogP contribution in [-0.2, 0) is 66.3 Å². The van der Waals surface area contributed by atoms with E-state index < -0.39 is 98.3 Å². The van der Waals surface area contributed by atoms with Crippen LogP contribution in [-0.4, -0.2) is 155 Å². The molecule has 0 aliphatic carbocycles. The van der Waals surface area contributed by atoms with Crippen LogP contribution in [0.1, 0.15) is 11.9 Å². The molecule has 1 aromatic carbocycles. The Kier molecular flexibility index (Phi) is 12.2. The van der Waals surface area contributed by atoms with Gasteiger partial charge in [0.1, 0.15) is 67.1 Å². The highest BCUT2D eigenvalue weighted by Gasteiger charge is 2.57. The number of hydrogen-bond donors (Lipinski definition) is 0. The van der Waals surface area contributed by atoms with Crippen LogP contribution in [0.3, 0.4) is 0 Å². The number of azide groups is 1. The zero-order valence-corrected chi connectivity index (χ0v) is 27.8. The van der Waals surface area contributed by atoms with Crippen molar-refractivity contribution in [2.24, 2.45) is 5.11 Å². The molecule has 2 bridgehead atoms. The van der Waals surface area contributed by atoms with Gasteiger partial charge in [0.2, 0.25) is 0 Å². The van der Waals surface area contributed by atoms with Gasteiger partial charge in [-0.05, 0) is 5.53 Å². The molecule has 5 aliphatic rings. The molecule has 5 heterocycles. The Balaban J connectivity index is 1.21. The largest absolute Gasteiger partial charge is 0.382 e. The van der Waals surface area contributed by atoms with Crippen LogP contribution in [0.2, 0.25) is 0 Å². The minimum atomic E-state index is -0.994. The summed E-state index contributed by atoms with van der Waals surface area (Å²) in [6, 6.07) is 8.89. The highest BCUT2D eigenvalue weighted by Crippen LogP contribution is 2.40. The van der Waals surface area contributed by atoms with Gasteiger partial charge in [-0.25, -0.2) is 0 Å². The normalized spacial score (nSPS) is 44.1. The van der Waals surface area contributed by atoms with Gasteiger partial charge in [-0.15, -0.1) is 0 Å². The van der Waals surface area contributed by atoms with Crippen LogP contribution in [0.4, 0.5) is 0 Å². The third-order valence-corrected chi connectivity index (χ3v) is 9.45. The lowest BCUT2D eigenvalue weighted by atomic mass is 9.95. The average Bonchev–Trinajstić information content (AvgIpc) is 3.56. The van der Waals surface area contributed by atoms with Gasteiger partial charge in [0.05, 0.1) is 25.9 Å². The van der Waals surface area contributed by atoms with Gasteiger partial charge >= 0.3 is 0 Å². The van der Waals surface area contributed by atoms with Crippen molar-refractivity contribution < 1.29 is 66.3 Å². The molecule has 5 saturated heterocycles. The lowest BCUT2D eigenvalue weighted by molar-refractivity contribution is -0.394. The van der Waals surface area contributed by atoms with E-state index in [1.807, 2.05) is 30.3 Å². The molecule has 17 heteroatoms. The maximum Gasteiger partial charge on any atom is 0.187 e. The van der Waals surface area contributed by atoms with E-state index in [2.05, 4.69) is 10.0 Å². The molecular formula is C31H45N3O14. The van der Waals surface area contributed by atoms with Crippen molar-refractivity contribution in [1.29, 1.82) is 0 Å². The molecule has 268 valence electrons. The van der Waals surface area contributed by atoms with Crippen molar-refractivity contribution in [3.8, 4) is 0 Å². The lowest BCUT2D eigenvalue weighted by Crippen LogP contribution is -2.67. The second-order valence-corrected chi connectivity index (χ2v) is 12.0. The fourth-order valence-corrected chi connectivity index (χ4v) is 7.20. The number of fused-ring (bicyclic) bond motifs is 3. The van der Waals surface area contributed by atoms with E-state index in [1.165, 1.54) is 14.2 Å². The molecule has 5 aliphatic heterocycles. The quantitative estimate of drug-likeness (QED) is 0.166. The summed E-state index contributed by atoms with van der Waals surface area (Å²) >= 11 is 0. The van der Waals surface area contributed by atoms with Gasteiger partial charge in [0, 0.05) is 53.1 Å². The van der Waals surface area contributed by atoms with E-state index in [0.717, 1.165) is 5.56 Å². The molecule has 16 atom stereocenters. The maximum absolute atomic E-state index is 9.18. The van der Waals surface area contributed by atoms with Gasteiger partial charge in [-0.1, -0.05) is 35.4 Å². The second-order valence-electron chi connectivity index (χ2n) is 12.0. The van der Waals surface area contributed by atoms with Crippen LogP contribution >= 0.6 is 0 Å². The number of rotatable bonds is 13. The summed E-state index contributed by atoms with van der Waals surface area (Å²) in [6.45, 7) is 0.568. The smallest absolute Gasteiger partial charge is 0.187 e. The zero-order valence-electron chi connectivity index (χ0n) is 27.8. The monoisotopic (exact) mass is 683 g/mol. The molecule has 0 N–H and O–H groups in total. The molecule has 5 fully saturated rings. The topological polar surface area (TPSA) is 178 Å². The van der Waals surface area contributed by atoms with Crippen LogP contribution in [0.25, 0.3) is 10.4 Å². The highest BCUT2D eigenvalue weighted by atomic mass is 16.8. The maximum atomic E-state index is 9.18. The zero-order chi connectivity index (χ0) is 33.8. The fraction of sp³-hybridized carbons (Fsp3) is 0.806. The second kappa shape index (κ2) is 16.3. The van der Waals surface area contributed by atoms with E-state index in [9.17, 15) is 5.53 Å². The van der Waals surface area contributed by atoms with Crippen molar-refractivity contribution in [3.05, 3.63) is 46.3 Å². The first-order valence-corrected chi connectivity index (χ1v) is 15.9. The Morgan fingerprint density at radius 1 is 0.688 bits per heavy atom. The first kappa shape index (κ1) is 35.8. The van der Waals surface area contributed by atoms with Gasteiger partial charge in [-0.2, -0.15) is 0 Å². The Morgan fingerprint density at radius 2 is 1.33 bits per heavy atom. The van der Waals surface area contributed by atoms with Crippen LogP contribution in [0.5, 0.6) is 0 Å². The molecule has 0 amide bonds. The summed E-state index contributed by atoms with van der Waals surface area (Å²) in [5.41, 5.74) is 10.1. The molecule has 7 unspecified atom stereocenters. The van der Waals surface area contributed by atoms with Crippen molar-refractivity contribution in [3.63, 3.8) is 0 Å². The summed E-state index contributed by atoms with van der Waals surface area (Å²) in [5.74, 6) is 0. The Hall–Kier alpha value is -2.03. The van der Waals surface area contributed by atoms with E-state index in [1.54, 1.807) is 28.4 Å². The van der Waals surface area contributed by atoms with Gasteiger partial charge < -0.3 is 66.3 Å². The van der Waals surface area contributed by atoms with E-state index >= 15 is 0 Å².